The van der Waals surface area contributed by atoms with Crippen molar-refractivity contribution >= 4 is 11.8 Å². The molecule has 64 valence electrons. The summed E-state index contributed by atoms with van der Waals surface area (Å²) in [7, 11) is 0. The van der Waals surface area contributed by atoms with Gasteiger partial charge >= 0.3 is 0 Å². The Morgan fingerprint density at radius 1 is 0.818 bits per heavy atom. The zero-order valence-electron chi connectivity index (χ0n) is 6.44. The fourth-order valence-corrected chi connectivity index (χ4v) is 3.60. The van der Waals surface area contributed by atoms with Gasteiger partial charge in [0.25, 0.3) is 0 Å². The average molecular weight is 174 g/mol. The van der Waals surface area contributed by atoms with Gasteiger partial charge in [-0.15, -0.1) is 11.8 Å². The van der Waals surface area contributed by atoms with E-state index in [1.807, 2.05) is 0 Å². The molecule has 2 nitrogen and oxygen atoms in total. The minimum atomic E-state index is -0.108. The van der Waals surface area contributed by atoms with Gasteiger partial charge in [-0.1, -0.05) is 0 Å². The molecule has 0 radical (unpaired) electrons. The van der Waals surface area contributed by atoms with Crippen LogP contribution in [0.1, 0.15) is 25.7 Å². The van der Waals surface area contributed by atoms with Crippen LogP contribution in [-0.4, -0.2) is 32.9 Å². The van der Waals surface area contributed by atoms with Gasteiger partial charge in [0.15, 0.2) is 0 Å². The molecule has 0 spiro atoms. The standard InChI is InChI=1S/C8H14O2S/c9-5-1-3-7-6(10)2-4-8(5)11-7/h5-10H,1-4H2/t5-,6+,7-,8+. The molecule has 0 unspecified atom stereocenters. The van der Waals surface area contributed by atoms with Gasteiger partial charge in [0, 0.05) is 10.5 Å². The lowest BCUT2D eigenvalue weighted by Crippen LogP contribution is -2.41. The van der Waals surface area contributed by atoms with Crippen molar-refractivity contribution in [2.24, 2.45) is 0 Å². The molecule has 0 aromatic rings. The lowest BCUT2D eigenvalue weighted by Gasteiger charge is -2.40. The van der Waals surface area contributed by atoms with Crippen molar-refractivity contribution in [2.45, 2.75) is 48.4 Å². The van der Waals surface area contributed by atoms with Gasteiger partial charge in [-0.25, -0.2) is 0 Å². The smallest absolute Gasteiger partial charge is 0.0659 e. The van der Waals surface area contributed by atoms with Crippen molar-refractivity contribution in [3.05, 3.63) is 0 Å². The summed E-state index contributed by atoms with van der Waals surface area (Å²) in [5, 5.41) is 19.8. The van der Waals surface area contributed by atoms with Crippen molar-refractivity contribution in [1.82, 2.24) is 0 Å². The fraction of sp³-hybridized carbons (Fsp3) is 1.00. The quantitative estimate of drug-likeness (QED) is 0.570. The summed E-state index contributed by atoms with van der Waals surface area (Å²) >= 11 is 1.79. The van der Waals surface area contributed by atoms with Crippen molar-refractivity contribution in [3.8, 4) is 0 Å². The zero-order chi connectivity index (χ0) is 7.84. The van der Waals surface area contributed by atoms with Crippen LogP contribution < -0.4 is 0 Å². The van der Waals surface area contributed by atoms with Crippen LogP contribution in [0, 0.1) is 0 Å². The van der Waals surface area contributed by atoms with E-state index in [4.69, 9.17) is 0 Å². The van der Waals surface area contributed by atoms with Crippen molar-refractivity contribution in [3.63, 3.8) is 0 Å². The summed E-state index contributed by atoms with van der Waals surface area (Å²) in [5.41, 5.74) is 0. The molecule has 2 aliphatic heterocycles. The molecule has 4 atom stereocenters. The van der Waals surface area contributed by atoms with Gasteiger partial charge in [-0.2, -0.15) is 0 Å². The van der Waals surface area contributed by atoms with Gasteiger partial charge in [0.2, 0.25) is 0 Å². The molecule has 3 heteroatoms. The lowest BCUT2D eigenvalue weighted by molar-refractivity contribution is 0.0913. The summed E-state index contributed by atoms with van der Waals surface area (Å²) in [6.07, 6.45) is 3.54. The molecule has 2 N–H and O–H groups in total. The highest BCUT2D eigenvalue weighted by atomic mass is 32.2. The molecule has 0 aromatic heterocycles. The van der Waals surface area contributed by atoms with E-state index in [-0.39, 0.29) is 12.2 Å². The Kier molecular flexibility index (Phi) is 2.12. The molecule has 2 heterocycles. The van der Waals surface area contributed by atoms with E-state index in [1.165, 1.54) is 0 Å². The molecule has 0 saturated carbocycles. The number of hydrogen-bond donors (Lipinski definition) is 2. The van der Waals surface area contributed by atoms with Crippen LogP contribution in [0.3, 0.4) is 0 Å². The van der Waals surface area contributed by atoms with Crippen molar-refractivity contribution in [1.29, 1.82) is 0 Å². The highest BCUT2D eigenvalue weighted by Gasteiger charge is 2.37. The van der Waals surface area contributed by atoms with Gasteiger partial charge < -0.3 is 10.2 Å². The van der Waals surface area contributed by atoms with E-state index in [1.54, 1.807) is 11.8 Å². The molecule has 2 fully saturated rings. The predicted molar refractivity (Wildman–Crippen MR) is 45.6 cm³/mol. The third-order valence-electron chi connectivity index (χ3n) is 2.70. The van der Waals surface area contributed by atoms with Gasteiger partial charge in [0.1, 0.15) is 0 Å². The number of fused-ring (bicyclic) bond motifs is 2. The number of hydrogen-bond acceptors (Lipinski definition) is 3. The highest BCUT2D eigenvalue weighted by molar-refractivity contribution is 8.00. The Bertz CT molecular complexity index is 135. The predicted octanol–water partition coefficient (Wildman–Crippen LogP) is 0.766. The molecule has 0 aromatic carbocycles. The van der Waals surface area contributed by atoms with Crippen molar-refractivity contribution in [2.75, 3.05) is 0 Å². The Labute approximate surface area is 71.0 Å². The Morgan fingerprint density at radius 2 is 1.27 bits per heavy atom. The second kappa shape index (κ2) is 2.96. The van der Waals surface area contributed by atoms with E-state index in [2.05, 4.69) is 0 Å². The lowest BCUT2D eigenvalue weighted by atomic mass is 9.95. The molecule has 0 amide bonds. The second-order valence-corrected chi connectivity index (χ2v) is 4.99. The van der Waals surface area contributed by atoms with Crippen LogP contribution in [0.5, 0.6) is 0 Å². The summed E-state index contributed by atoms with van der Waals surface area (Å²) < 4.78 is 0. The maximum Gasteiger partial charge on any atom is 0.0659 e. The molecule has 2 rings (SSSR count). The first kappa shape index (κ1) is 7.90. The van der Waals surface area contributed by atoms with Crippen LogP contribution in [-0.2, 0) is 0 Å². The summed E-state index contributed by atoms with van der Waals surface area (Å²) in [5.74, 6) is 0. The Morgan fingerprint density at radius 3 is 1.73 bits per heavy atom. The Balaban J connectivity index is 2.02. The first-order valence-corrected chi connectivity index (χ1v) is 5.23. The third-order valence-corrected chi connectivity index (χ3v) is 4.50. The largest absolute Gasteiger partial charge is 0.392 e. The molecular weight excluding hydrogens is 160 g/mol. The van der Waals surface area contributed by atoms with E-state index >= 15 is 0 Å². The summed E-state index contributed by atoms with van der Waals surface area (Å²) in [6, 6.07) is 0. The molecule has 2 aliphatic rings. The molecule has 2 bridgehead atoms. The first-order valence-electron chi connectivity index (χ1n) is 4.29. The monoisotopic (exact) mass is 174 g/mol. The van der Waals surface area contributed by atoms with Crippen molar-refractivity contribution < 1.29 is 10.2 Å². The fourth-order valence-electron chi connectivity index (χ4n) is 1.97. The van der Waals surface area contributed by atoms with Gasteiger partial charge in [-0.3, -0.25) is 0 Å². The van der Waals surface area contributed by atoms with E-state index in [9.17, 15) is 10.2 Å². The first-order chi connectivity index (χ1) is 5.27. The molecular formula is C8H14O2S. The number of aliphatic hydroxyl groups is 2. The van der Waals surface area contributed by atoms with E-state index in [0.29, 0.717) is 10.5 Å². The SMILES string of the molecule is O[C@@H]1CC[C@H]2S[C@H]1CC[C@@H]2O. The van der Waals surface area contributed by atoms with Gasteiger partial charge in [-0.05, 0) is 25.7 Å². The van der Waals surface area contributed by atoms with Crippen LogP contribution in [0.2, 0.25) is 0 Å². The van der Waals surface area contributed by atoms with E-state index < -0.39 is 0 Å². The molecule has 0 aliphatic carbocycles. The van der Waals surface area contributed by atoms with Crippen LogP contribution in [0.15, 0.2) is 0 Å². The minimum Gasteiger partial charge on any atom is -0.392 e. The highest BCUT2D eigenvalue weighted by Crippen LogP contribution is 2.41. The molecule has 2 saturated heterocycles. The number of thioether (sulfide) groups is 1. The zero-order valence-corrected chi connectivity index (χ0v) is 7.26. The normalized spacial score (nSPS) is 50.7. The number of aliphatic hydroxyl groups excluding tert-OH is 2. The third kappa shape index (κ3) is 1.42. The maximum absolute atomic E-state index is 9.50. The van der Waals surface area contributed by atoms with E-state index in [0.717, 1.165) is 25.7 Å². The number of rotatable bonds is 0. The maximum atomic E-state index is 9.50. The minimum absolute atomic E-state index is 0.108. The van der Waals surface area contributed by atoms with Crippen LogP contribution in [0.25, 0.3) is 0 Å². The topological polar surface area (TPSA) is 40.5 Å². The summed E-state index contributed by atoms with van der Waals surface area (Å²) in [4.78, 5) is 0. The average Bonchev–Trinajstić information content (AvgIpc) is 2.02. The molecule has 11 heavy (non-hydrogen) atoms. The van der Waals surface area contributed by atoms with Crippen LogP contribution in [0.4, 0.5) is 0 Å². The van der Waals surface area contributed by atoms with Gasteiger partial charge in [0.05, 0.1) is 12.2 Å². The second-order valence-electron chi connectivity index (χ2n) is 3.50. The summed E-state index contributed by atoms with van der Waals surface area (Å²) in [6.45, 7) is 0. The Hall–Kier alpha value is 0.270. The van der Waals surface area contributed by atoms with Crippen LogP contribution >= 0.6 is 11.8 Å².